The third kappa shape index (κ3) is 6.53. The molecule has 1 heterocycles. The molecule has 2 N–H and O–H groups in total. The second-order valence-corrected chi connectivity index (χ2v) is 10.1. The Kier molecular flexibility index (Phi) is 8.29. The quantitative estimate of drug-likeness (QED) is 0.592. The van der Waals surface area contributed by atoms with E-state index in [9.17, 15) is 18.8 Å². The van der Waals surface area contributed by atoms with Crippen molar-refractivity contribution in [2.45, 2.75) is 50.6 Å². The van der Waals surface area contributed by atoms with Gasteiger partial charge in [0.2, 0.25) is 5.91 Å². The number of piperidine rings is 1. The predicted molar refractivity (Wildman–Crippen MR) is 133 cm³/mol. The van der Waals surface area contributed by atoms with Crippen molar-refractivity contribution in [3.63, 3.8) is 0 Å². The van der Waals surface area contributed by atoms with Gasteiger partial charge in [0.15, 0.2) is 0 Å². The lowest BCUT2D eigenvalue weighted by atomic mass is 9.88. The molecule has 3 atom stereocenters. The van der Waals surface area contributed by atoms with Crippen LogP contribution in [0.4, 0.5) is 4.39 Å². The van der Waals surface area contributed by atoms with Crippen molar-refractivity contribution < 1.29 is 18.8 Å². The Hall–Kier alpha value is -2.64. The molecule has 2 aromatic carbocycles. The topological polar surface area (TPSA) is 78.5 Å². The highest BCUT2D eigenvalue weighted by Crippen LogP contribution is 2.25. The first-order valence-electron chi connectivity index (χ1n) is 11.9. The van der Waals surface area contributed by atoms with Crippen LogP contribution in [0.25, 0.3) is 0 Å². The van der Waals surface area contributed by atoms with E-state index in [1.807, 2.05) is 0 Å². The van der Waals surface area contributed by atoms with Crippen molar-refractivity contribution in [2.75, 3.05) is 13.1 Å². The molecule has 0 unspecified atom stereocenters. The molecule has 3 amide bonds. The molecule has 1 aliphatic heterocycles. The van der Waals surface area contributed by atoms with Crippen LogP contribution in [0.15, 0.2) is 42.5 Å². The van der Waals surface area contributed by atoms with Gasteiger partial charge in [0, 0.05) is 46.3 Å². The van der Waals surface area contributed by atoms with Crippen LogP contribution in [0.2, 0.25) is 10.0 Å². The first kappa shape index (κ1) is 25.5. The molecule has 9 heteroatoms. The van der Waals surface area contributed by atoms with Crippen LogP contribution in [0.1, 0.15) is 59.2 Å². The minimum atomic E-state index is -0.400. The maximum atomic E-state index is 13.2. The van der Waals surface area contributed by atoms with Gasteiger partial charge in [0.1, 0.15) is 5.82 Å². The van der Waals surface area contributed by atoms with Gasteiger partial charge in [-0.15, -0.1) is 0 Å². The molecule has 2 aliphatic rings. The third-order valence-corrected chi connectivity index (χ3v) is 7.14. The summed E-state index contributed by atoms with van der Waals surface area (Å²) in [5.41, 5.74) is 0.781. The monoisotopic (exact) mass is 519 g/mol. The first-order valence-corrected chi connectivity index (χ1v) is 12.7. The number of nitrogens with one attached hydrogen (secondary N) is 2. The van der Waals surface area contributed by atoms with Gasteiger partial charge in [-0.05, 0) is 68.1 Å². The first-order chi connectivity index (χ1) is 16.8. The minimum absolute atomic E-state index is 0.112. The highest BCUT2D eigenvalue weighted by Gasteiger charge is 2.33. The van der Waals surface area contributed by atoms with Gasteiger partial charge in [-0.25, -0.2) is 4.39 Å². The van der Waals surface area contributed by atoms with Gasteiger partial charge < -0.3 is 15.5 Å². The van der Waals surface area contributed by atoms with Crippen molar-refractivity contribution in [1.29, 1.82) is 0 Å². The summed E-state index contributed by atoms with van der Waals surface area (Å²) in [4.78, 5) is 40.5. The standard InChI is InChI=1S/C26H28Cl2FN3O3/c27-19-12-18(13-20(28)14-19)26(35)32-11-3-4-17(15-32)25(34)31-23-6-2-1-5-22(23)30-24(33)16-7-9-21(29)10-8-16/h7-10,12-14,17,22-23H,1-6,11,15H2,(H,30,33)(H,31,34)/t17-,22-,23-/m1/s1. The van der Waals surface area contributed by atoms with Gasteiger partial charge in [0.25, 0.3) is 11.8 Å². The molecule has 186 valence electrons. The normalized spacial score (nSPS) is 22.4. The summed E-state index contributed by atoms with van der Waals surface area (Å²) >= 11 is 12.1. The van der Waals surface area contributed by atoms with E-state index >= 15 is 0 Å². The molecule has 2 aromatic rings. The van der Waals surface area contributed by atoms with E-state index in [2.05, 4.69) is 10.6 Å². The van der Waals surface area contributed by atoms with Crippen LogP contribution in [-0.4, -0.2) is 47.8 Å². The second kappa shape index (κ2) is 11.4. The van der Waals surface area contributed by atoms with E-state index in [-0.39, 0.29) is 35.7 Å². The van der Waals surface area contributed by atoms with Crippen molar-refractivity contribution >= 4 is 40.9 Å². The summed E-state index contributed by atoms with van der Waals surface area (Å²) in [6.45, 7) is 0.876. The molecular weight excluding hydrogens is 492 g/mol. The van der Waals surface area contributed by atoms with Crippen LogP contribution < -0.4 is 10.6 Å². The van der Waals surface area contributed by atoms with E-state index in [0.717, 1.165) is 25.7 Å². The van der Waals surface area contributed by atoms with E-state index < -0.39 is 5.82 Å². The number of hydrogen-bond acceptors (Lipinski definition) is 3. The number of rotatable bonds is 5. The maximum Gasteiger partial charge on any atom is 0.253 e. The lowest BCUT2D eigenvalue weighted by Gasteiger charge is -2.36. The van der Waals surface area contributed by atoms with E-state index in [1.54, 1.807) is 23.1 Å². The zero-order valence-electron chi connectivity index (χ0n) is 19.2. The van der Waals surface area contributed by atoms with Gasteiger partial charge >= 0.3 is 0 Å². The van der Waals surface area contributed by atoms with Crippen molar-refractivity contribution in [3.05, 3.63) is 69.5 Å². The molecule has 1 saturated heterocycles. The lowest BCUT2D eigenvalue weighted by molar-refractivity contribution is -0.127. The summed E-state index contributed by atoms with van der Waals surface area (Å²) in [7, 11) is 0. The lowest BCUT2D eigenvalue weighted by Crippen LogP contribution is -2.55. The van der Waals surface area contributed by atoms with Crippen molar-refractivity contribution in [1.82, 2.24) is 15.5 Å². The van der Waals surface area contributed by atoms with Gasteiger partial charge in [-0.2, -0.15) is 0 Å². The molecule has 0 aromatic heterocycles. The Bertz CT molecular complexity index is 1080. The van der Waals surface area contributed by atoms with Crippen LogP contribution in [0.3, 0.4) is 0 Å². The average Bonchev–Trinajstić information content (AvgIpc) is 2.84. The smallest absolute Gasteiger partial charge is 0.253 e. The Morgan fingerprint density at radius 3 is 2.11 bits per heavy atom. The van der Waals surface area contributed by atoms with Crippen LogP contribution in [-0.2, 0) is 4.79 Å². The van der Waals surface area contributed by atoms with E-state index in [1.165, 1.54) is 24.3 Å². The second-order valence-electron chi connectivity index (χ2n) is 9.23. The average molecular weight is 520 g/mol. The summed E-state index contributed by atoms with van der Waals surface area (Å²) in [6, 6.07) is 9.72. The summed E-state index contributed by atoms with van der Waals surface area (Å²) in [5.74, 6) is -1.33. The number of carbonyl (C=O) groups excluding carboxylic acids is 3. The summed E-state index contributed by atoms with van der Waals surface area (Å²) in [6.07, 6.45) is 4.82. The number of amides is 3. The fourth-order valence-corrected chi connectivity index (χ4v) is 5.39. The molecule has 4 rings (SSSR count). The molecule has 0 radical (unpaired) electrons. The number of likely N-dealkylation sites (tertiary alicyclic amines) is 1. The van der Waals surface area contributed by atoms with E-state index in [4.69, 9.17) is 23.2 Å². The van der Waals surface area contributed by atoms with E-state index in [0.29, 0.717) is 47.1 Å². The number of halogens is 3. The Labute approximate surface area is 214 Å². The molecule has 0 bridgehead atoms. The zero-order chi connectivity index (χ0) is 24.9. The number of hydrogen-bond donors (Lipinski definition) is 2. The molecule has 1 saturated carbocycles. The summed E-state index contributed by atoms with van der Waals surface area (Å²) in [5, 5.41) is 6.91. The Morgan fingerprint density at radius 2 is 1.46 bits per heavy atom. The van der Waals surface area contributed by atoms with Gasteiger partial charge in [-0.3, -0.25) is 14.4 Å². The molecular formula is C26H28Cl2FN3O3. The van der Waals surface area contributed by atoms with Gasteiger partial charge in [-0.1, -0.05) is 36.0 Å². The minimum Gasteiger partial charge on any atom is -0.351 e. The molecule has 35 heavy (non-hydrogen) atoms. The maximum absolute atomic E-state index is 13.2. The number of nitrogens with zero attached hydrogens (tertiary/aromatic N) is 1. The van der Waals surface area contributed by atoms with Crippen LogP contribution in [0.5, 0.6) is 0 Å². The molecule has 1 aliphatic carbocycles. The molecule has 0 spiro atoms. The molecule has 6 nitrogen and oxygen atoms in total. The van der Waals surface area contributed by atoms with Crippen LogP contribution >= 0.6 is 23.2 Å². The SMILES string of the molecule is O=C(N[C@@H]1CCCC[C@H]1NC(=O)[C@@H]1CCCN(C(=O)c2cc(Cl)cc(Cl)c2)C1)c1ccc(F)cc1. The highest BCUT2D eigenvalue weighted by molar-refractivity contribution is 6.35. The summed E-state index contributed by atoms with van der Waals surface area (Å²) < 4.78 is 13.2. The van der Waals surface area contributed by atoms with Crippen LogP contribution in [0, 0.1) is 11.7 Å². The number of benzene rings is 2. The highest BCUT2D eigenvalue weighted by atomic mass is 35.5. The van der Waals surface area contributed by atoms with Crippen molar-refractivity contribution in [3.8, 4) is 0 Å². The predicted octanol–water partition coefficient (Wildman–Crippen LogP) is 4.84. The number of carbonyl (C=O) groups is 3. The zero-order valence-corrected chi connectivity index (χ0v) is 20.7. The largest absolute Gasteiger partial charge is 0.351 e. The Balaban J connectivity index is 1.37. The fourth-order valence-electron chi connectivity index (χ4n) is 4.87. The third-order valence-electron chi connectivity index (χ3n) is 6.71. The van der Waals surface area contributed by atoms with Crippen molar-refractivity contribution in [2.24, 2.45) is 5.92 Å². The fraction of sp³-hybridized carbons (Fsp3) is 0.423. The molecule has 2 fully saturated rings. The van der Waals surface area contributed by atoms with Gasteiger partial charge in [0.05, 0.1) is 5.92 Å². The Morgan fingerprint density at radius 1 is 0.829 bits per heavy atom.